The molecule has 17 heavy (non-hydrogen) atoms. The first kappa shape index (κ1) is 12.6. The van der Waals surface area contributed by atoms with Gasteiger partial charge in [-0.3, -0.25) is 0 Å². The average Bonchev–Trinajstić information content (AvgIpc) is 2.30. The van der Waals surface area contributed by atoms with Crippen LogP contribution in [0.5, 0.6) is 0 Å². The Morgan fingerprint density at radius 2 is 1.82 bits per heavy atom. The van der Waals surface area contributed by atoms with Gasteiger partial charge in [0.05, 0.1) is 4.20 Å². The first-order valence-electron chi connectivity index (χ1n) is 5.20. The summed E-state index contributed by atoms with van der Waals surface area (Å²) < 4.78 is 0.880. The van der Waals surface area contributed by atoms with Gasteiger partial charge in [-0.2, -0.15) is 0 Å². The van der Waals surface area contributed by atoms with Crippen LogP contribution in [0, 0.1) is 6.92 Å². The summed E-state index contributed by atoms with van der Waals surface area (Å²) in [6.45, 7) is 2.03. The van der Waals surface area contributed by atoms with E-state index >= 15 is 0 Å². The lowest BCUT2D eigenvalue weighted by molar-refractivity contribution is 1.45. The third-order valence-electron chi connectivity index (χ3n) is 2.36. The summed E-state index contributed by atoms with van der Waals surface area (Å²) in [5.41, 5.74) is 2.20. The Hall–Kier alpha value is -0.830. The third kappa shape index (κ3) is 3.32. The van der Waals surface area contributed by atoms with Gasteiger partial charge in [-0.05, 0) is 36.8 Å². The molecular formula is C14H11ClS2. The Bertz CT molecular complexity index is 535. The van der Waals surface area contributed by atoms with Crippen LogP contribution in [0.25, 0.3) is 0 Å². The van der Waals surface area contributed by atoms with Crippen molar-refractivity contribution in [1.82, 2.24) is 0 Å². The van der Waals surface area contributed by atoms with Crippen molar-refractivity contribution in [3.63, 3.8) is 0 Å². The van der Waals surface area contributed by atoms with Gasteiger partial charge < -0.3 is 0 Å². The van der Waals surface area contributed by atoms with E-state index in [0.717, 1.165) is 25.2 Å². The minimum atomic E-state index is 0.749. The highest BCUT2D eigenvalue weighted by Gasteiger charge is 2.07. The van der Waals surface area contributed by atoms with Crippen molar-refractivity contribution in [1.29, 1.82) is 0 Å². The molecule has 0 aliphatic heterocycles. The molecular weight excluding hydrogens is 268 g/mol. The second kappa shape index (κ2) is 5.67. The Kier molecular flexibility index (Phi) is 4.21. The van der Waals surface area contributed by atoms with Crippen LogP contribution in [-0.2, 0) is 0 Å². The lowest BCUT2D eigenvalue weighted by Gasteiger charge is -2.07. The quantitative estimate of drug-likeness (QED) is 0.553. The topological polar surface area (TPSA) is 0 Å². The standard InChI is InChI=1S/C14H11ClS2/c1-10-9-11(15)7-8-13(10)14(16)17-12-5-3-2-4-6-12/h2-9H,1H3. The van der Waals surface area contributed by atoms with Crippen LogP contribution in [0.2, 0.25) is 5.02 Å². The van der Waals surface area contributed by atoms with E-state index in [-0.39, 0.29) is 0 Å². The molecule has 86 valence electrons. The van der Waals surface area contributed by atoms with Crippen LogP contribution in [0.4, 0.5) is 0 Å². The molecule has 0 nitrogen and oxygen atoms in total. The number of aryl methyl sites for hydroxylation is 1. The molecule has 2 rings (SSSR count). The van der Waals surface area contributed by atoms with E-state index in [1.807, 2.05) is 43.3 Å². The van der Waals surface area contributed by atoms with Crippen molar-refractivity contribution in [3.8, 4) is 0 Å². The molecule has 0 heterocycles. The van der Waals surface area contributed by atoms with Crippen LogP contribution in [-0.4, -0.2) is 4.20 Å². The summed E-state index contributed by atoms with van der Waals surface area (Å²) in [5, 5.41) is 0.749. The SMILES string of the molecule is Cc1cc(Cl)ccc1C(=S)Sc1ccccc1. The molecule has 0 N–H and O–H groups in total. The second-order valence-electron chi connectivity index (χ2n) is 3.66. The summed E-state index contributed by atoms with van der Waals surface area (Å²) in [5.74, 6) is 0. The zero-order valence-corrected chi connectivity index (χ0v) is 11.7. The molecule has 0 radical (unpaired) electrons. The van der Waals surface area contributed by atoms with E-state index in [2.05, 4.69) is 12.1 Å². The molecule has 0 fully saturated rings. The van der Waals surface area contributed by atoms with E-state index in [9.17, 15) is 0 Å². The van der Waals surface area contributed by atoms with Crippen molar-refractivity contribution in [2.45, 2.75) is 11.8 Å². The van der Waals surface area contributed by atoms with Crippen molar-refractivity contribution in [3.05, 3.63) is 64.7 Å². The van der Waals surface area contributed by atoms with Gasteiger partial charge in [0.25, 0.3) is 0 Å². The highest BCUT2D eigenvalue weighted by molar-refractivity contribution is 8.23. The minimum absolute atomic E-state index is 0.749. The van der Waals surface area contributed by atoms with Crippen LogP contribution in [0.1, 0.15) is 11.1 Å². The van der Waals surface area contributed by atoms with Crippen LogP contribution in [0.15, 0.2) is 53.4 Å². The molecule has 0 aliphatic rings. The summed E-state index contributed by atoms with van der Waals surface area (Å²) >= 11 is 13.0. The molecule has 3 heteroatoms. The number of halogens is 1. The highest BCUT2D eigenvalue weighted by Crippen LogP contribution is 2.26. The Balaban J connectivity index is 2.21. The number of hydrogen-bond acceptors (Lipinski definition) is 2. The van der Waals surface area contributed by atoms with Gasteiger partial charge in [0.1, 0.15) is 0 Å². The highest BCUT2D eigenvalue weighted by atomic mass is 35.5. The van der Waals surface area contributed by atoms with Crippen LogP contribution in [0.3, 0.4) is 0 Å². The first-order chi connectivity index (χ1) is 8.16. The number of thioether (sulfide) groups is 1. The van der Waals surface area contributed by atoms with Gasteiger partial charge in [-0.15, -0.1) is 0 Å². The van der Waals surface area contributed by atoms with Crippen molar-refractivity contribution >= 4 is 39.8 Å². The van der Waals surface area contributed by atoms with Crippen molar-refractivity contribution in [2.24, 2.45) is 0 Å². The molecule has 0 amide bonds. The number of hydrogen-bond donors (Lipinski definition) is 0. The molecule has 0 atom stereocenters. The summed E-state index contributed by atoms with van der Waals surface area (Å²) in [4.78, 5) is 1.16. The second-order valence-corrected chi connectivity index (χ2v) is 5.85. The summed E-state index contributed by atoms with van der Waals surface area (Å²) in [7, 11) is 0. The molecule has 2 aromatic rings. The first-order valence-corrected chi connectivity index (χ1v) is 6.80. The van der Waals surface area contributed by atoms with Gasteiger partial charge in [0.2, 0.25) is 0 Å². The maximum atomic E-state index is 5.93. The average molecular weight is 279 g/mol. The normalized spacial score (nSPS) is 10.2. The van der Waals surface area contributed by atoms with Gasteiger partial charge in [0, 0.05) is 15.5 Å². The Morgan fingerprint density at radius 3 is 2.47 bits per heavy atom. The molecule has 0 saturated heterocycles. The Morgan fingerprint density at radius 1 is 1.12 bits per heavy atom. The van der Waals surface area contributed by atoms with Gasteiger partial charge in [0.15, 0.2) is 0 Å². The monoisotopic (exact) mass is 278 g/mol. The minimum Gasteiger partial charge on any atom is -0.0843 e. The predicted molar refractivity (Wildman–Crippen MR) is 80.2 cm³/mol. The number of benzene rings is 2. The van der Waals surface area contributed by atoms with Gasteiger partial charge in [-0.25, -0.2) is 0 Å². The third-order valence-corrected chi connectivity index (χ3v) is 3.98. The van der Waals surface area contributed by atoms with Crippen LogP contribution < -0.4 is 0 Å². The maximum Gasteiger partial charge on any atom is 0.0828 e. The van der Waals surface area contributed by atoms with E-state index in [0.29, 0.717) is 0 Å². The maximum absolute atomic E-state index is 5.93. The Labute approximate surface area is 116 Å². The predicted octanol–water partition coefficient (Wildman–Crippen LogP) is 5.12. The zero-order valence-electron chi connectivity index (χ0n) is 9.31. The van der Waals surface area contributed by atoms with Crippen molar-refractivity contribution < 1.29 is 0 Å². The summed E-state index contributed by atoms with van der Waals surface area (Å²) in [6.07, 6.45) is 0. The molecule has 0 aromatic heterocycles. The molecule has 0 spiro atoms. The molecule has 2 aromatic carbocycles. The fraction of sp³-hybridized carbons (Fsp3) is 0.0714. The number of rotatable bonds is 2. The van der Waals surface area contributed by atoms with Crippen molar-refractivity contribution in [2.75, 3.05) is 0 Å². The smallest absolute Gasteiger partial charge is 0.0828 e. The van der Waals surface area contributed by atoms with E-state index in [4.69, 9.17) is 23.8 Å². The van der Waals surface area contributed by atoms with Gasteiger partial charge in [-0.1, -0.05) is 59.8 Å². The number of thiocarbonyl (C=S) groups is 1. The fourth-order valence-corrected chi connectivity index (χ4v) is 3.10. The lowest BCUT2D eigenvalue weighted by atomic mass is 10.1. The van der Waals surface area contributed by atoms with E-state index in [1.54, 1.807) is 11.8 Å². The molecule has 0 unspecified atom stereocenters. The van der Waals surface area contributed by atoms with Gasteiger partial charge >= 0.3 is 0 Å². The van der Waals surface area contributed by atoms with Crippen LogP contribution >= 0.6 is 35.6 Å². The molecule has 0 aliphatic carbocycles. The lowest BCUT2D eigenvalue weighted by Crippen LogP contribution is -1.95. The van der Waals surface area contributed by atoms with E-state index in [1.165, 1.54) is 0 Å². The van der Waals surface area contributed by atoms with E-state index < -0.39 is 0 Å². The largest absolute Gasteiger partial charge is 0.0843 e. The molecule has 0 saturated carbocycles. The fourth-order valence-electron chi connectivity index (χ4n) is 1.51. The zero-order chi connectivity index (χ0) is 12.3. The summed E-state index contributed by atoms with van der Waals surface area (Å²) in [6, 6.07) is 15.9. The molecule has 0 bridgehead atoms.